The van der Waals surface area contributed by atoms with Crippen LogP contribution in [0.5, 0.6) is 0 Å². The van der Waals surface area contributed by atoms with E-state index in [1.165, 1.54) is 136 Å². The van der Waals surface area contributed by atoms with Crippen molar-refractivity contribution >= 4 is 205 Å². The first-order valence-electron chi connectivity index (χ1n) is 45.3. The molecule has 8 aromatic heterocycles. The zero-order valence-corrected chi connectivity index (χ0v) is 82.4. The van der Waals surface area contributed by atoms with Crippen LogP contribution in [-0.2, 0) is 10.8 Å². The molecule has 26 heteroatoms. The Balaban J connectivity index is 0.000000120. The molecule has 0 aliphatic carbocycles. The lowest BCUT2D eigenvalue weighted by molar-refractivity contribution is 0.506. The van der Waals surface area contributed by atoms with Gasteiger partial charge in [-0.3, -0.25) is 29.4 Å². The fourth-order valence-corrected chi connectivity index (χ4v) is 25.3. The van der Waals surface area contributed by atoms with Crippen molar-refractivity contribution in [2.75, 3.05) is 29.4 Å². The van der Waals surface area contributed by atoms with Crippen LogP contribution in [0.4, 0.5) is 95.4 Å². The van der Waals surface area contributed by atoms with Gasteiger partial charge in [-0.1, -0.05) is 213 Å². The molecule has 0 atom stereocenters. The molecule has 24 rings (SSSR count). The van der Waals surface area contributed by atoms with Crippen LogP contribution in [-0.4, -0.2) is 39.9 Å². The minimum Gasteiger partial charge on any atom is -0.285 e. The number of nitrogens with zero attached hydrogens (tertiary/aromatic N) is 14. The summed E-state index contributed by atoms with van der Waals surface area (Å²) in [6.07, 6.45) is 11.0. The molecule has 138 heavy (non-hydrogen) atoms. The van der Waals surface area contributed by atoms with Gasteiger partial charge in [0.05, 0.1) is 34.1 Å². The normalized spacial score (nSPS) is 16.0. The Labute approximate surface area is 820 Å². The first kappa shape index (κ1) is 89.8. The van der Waals surface area contributed by atoms with E-state index in [9.17, 15) is 26.3 Å². The molecule has 0 fully saturated rings. The summed E-state index contributed by atoms with van der Waals surface area (Å²) in [5.74, 6) is 0.436. The molecule has 18 aromatic rings. The average molecular weight is 1940 g/mol. The monoisotopic (exact) mass is 1930 g/mol. The van der Waals surface area contributed by atoms with Gasteiger partial charge in [-0.2, -0.15) is 0 Å². The molecule has 0 bridgehead atoms. The standard InChI is InChI=1S/C42H40N4S2.C40H34F2N4S2.C30H14F4N6S2/c1-23(2)29-9-11-31-21-43-39(19-33(31)17-29)45-35-13-25(5)27(7)15-37(35)47-41(45)42-46(36-14-26(6)28(8)16-38(36)48-42)40-20-34-18-30(24(3)4)10-12-32(34)22-44-40;1-39(2,3)25-7-11-29-23(19-25)15-17-43-35(29)45-31-13-9-27(41)21-33(31)47-37(45)38-46(32-14-10-28(42)22-34(32)48-38)36-30-12-8-26(40(4,5)6)20-24(30)16-18-44-36;31-17-11-21-23(13-19(17)33)41-29(39(21)25-7-5-15-3-1-9-35-27(15)37-25)30-40(22-12-18(32)20(34)14-24(22)42-30)26-8-6-16-4-2-10-36-28(16)38-26/h9-24H,1-8H3;7-22H,1-6H3;1-14H/b42-41+;38-37+;30-29+. The first-order valence-corrected chi connectivity index (χ1v) is 50.2. The highest BCUT2D eigenvalue weighted by Crippen LogP contribution is 2.64. The predicted molar refractivity (Wildman–Crippen MR) is 558 cm³/mol. The van der Waals surface area contributed by atoms with Gasteiger partial charge >= 0.3 is 0 Å². The molecule has 0 saturated carbocycles. The average Bonchev–Trinajstić information content (AvgIpc) is 1.58. The Kier molecular flexibility index (Phi) is 22.8. The summed E-state index contributed by atoms with van der Waals surface area (Å²) in [4.78, 5) is 55.6. The van der Waals surface area contributed by atoms with Crippen LogP contribution in [0.25, 0.3) is 65.2 Å². The van der Waals surface area contributed by atoms with Gasteiger partial charge in [-0.25, -0.2) is 66.2 Å². The van der Waals surface area contributed by atoms with Crippen molar-refractivity contribution in [2.45, 2.75) is 149 Å². The minimum absolute atomic E-state index is 0.0144. The lowest BCUT2D eigenvalue weighted by Crippen LogP contribution is -2.20. The summed E-state index contributed by atoms with van der Waals surface area (Å²) in [5.41, 5.74) is 15.9. The lowest BCUT2D eigenvalue weighted by atomic mass is 9.86. The van der Waals surface area contributed by atoms with Gasteiger partial charge in [0.25, 0.3) is 0 Å². The van der Waals surface area contributed by atoms with E-state index in [4.69, 9.17) is 29.9 Å². The zero-order valence-electron chi connectivity index (χ0n) is 77.5. The van der Waals surface area contributed by atoms with Crippen molar-refractivity contribution in [3.8, 4) is 0 Å². The molecule has 6 aliphatic heterocycles. The summed E-state index contributed by atoms with van der Waals surface area (Å²) in [6.45, 7) is 31.1. The summed E-state index contributed by atoms with van der Waals surface area (Å²) in [5, 5.41) is 15.5. The van der Waals surface area contributed by atoms with Crippen molar-refractivity contribution in [1.82, 2.24) is 39.9 Å². The van der Waals surface area contributed by atoms with Crippen LogP contribution in [0.15, 0.2) is 327 Å². The molecular formula is C112H88F6N14S6. The van der Waals surface area contributed by atoms with Crippen molar-refractivity contribution in [3.05, 3.63) is 377 Å². The van der Waals surface area contributed by atoms with Gasteiger partial charge in [-0.15, -0.1) is 0 Å². The highest BCUT2D eigenvalue weighted by atomic mass is 32.2. The fourth-order valence-electron chi connectivity index (χ4n) is 17.8. The van der Waals surface area contributed by atoms with E-state index in [0.29, 0.717) is 66.0 Å². The van der Waals surface area contributed by atoms with Crippen LogP contribution in [0.2, 0.25) is 0 Å². The Morgan fingerprint density at radius 1 is 0.268 bits per heavy atom. The number of fused-ring (bicyclic) bond motifs is 12. The summed E-state index contributed by atoms with van der Waals surface area (Å²) in [7, 11) is 0. The summed E-state index contributed by atoms with van der Waals surface area (Å²) >= 11 is 9.04. The molecule has 0 radical (unpaired) electrons. The van der Waals surface area contributed by atoms with E-state index in [1.54, 1.807) is 58.6 Å². The number of aromatic nitrogens is 8. The Bertz CT molecular complexity index is 7830. The number of benzene rings is 10. The number of anilines is 12. The zero-order chi connectivity index (χ0) is 95.5. The third-order valence-corrected chi connectivity index (χ3v) is 32.8. The smallest absolute Gasteiger partial charge is 0.161 e. The third-order valence-electron chi connectivity index (χ3n) is 25.7. The number of rotatable bonds is 8. The maximum absolute atomic E-state index is 14.8. The van der Waals surface area contributed by atoms with Crippen molar-refractivity contribution in [2.24, 2.45) is 0 Å². The van der Waals surface area contributed by atoms with Crippen LogP contribution in [0, 0.1) is 62.6 Å². The molecular weight excluding hydrogens is 1850 g/mol. The molecule has 0 saturated heterocycles. The molecule has 14 nitrogen and oxygen atoms in total. The first-order chi connectivity index (χ1) is 66.4. The minimum atomic E-state index is -1.02. The van der Waals surface area contributed by atoms with E-state index in [1.807, 2.05) is 96.8 Å². The van der Waals surface area contributed by atoms with Crippen molar-refractivity contribution in [3.63, 3.8) is 0 Å². The third kappa shape index (κ3) is 16.2. The maximum atomic E-state index is 14.8. The fraction of sp³-hybridized carbons (Fsp3) is 0.161. The van der Waals surface area contributed by atoms with Crippen LogP contribution in [0.1, 0.15) is 126 Å². The van der Waals surface area contributed by atoms with E-state index in [0.717, 1.165) is 132 Å². The Morgan fingerprint density at radius 2 is 0.616 bits per heavy atom. The second kappa shape index (κ2) is 35.0. The van der Waals surface area contributed by atoms with Crippen LogP contribution >= 0.6 is 70.6 Å². The molecule has 14 heterocycles. The van der Waals surface area contributed by atoms with E-state index in [2.05, 4.69) is 236 Å². The van der Waals surface area contributed by atoms with Crippen molar-refractivity contribution < 1.29 is 26.3 Å². The highest BCUT2D eigenvalue weighted by molar-refractivity contribution is 8.08. The largest absolute Gasteiger partial charge is 0.285 e. The maximum Gasteiger partial charge on any atom is 0.161 e. The number of thioether (sulfide) groups is 6. The molecule has 684 valence electrons. The van der Waals surface area contributed by atoms with Gasteiger partial charge in [0.15, 0.2) is 34.6 Å². The number of halogens is 6. The molecule has 0 spiro atoms. The summed E-state index contributed by atoms with van der Waals surface area (Å²) < 4.78 is 87.7. The van der Waals surface area contributed by atoms with Gasteiger partial charge in [-0.05, 0) is 262 Å². The summed E-state index contributed by atoms with van der Waals surface area (Å²) in [6, 6.07) is 73.3. The van der Waals surface area contributed by atoms with E-state index in [-0.39, 0.29) is 22.5 Å². The molecule has 0 amide bonds. The highest BCUT2D eigenvalue weighted by Gasteiger charge is 2.44. The van der Waals surface area contributed by atoms with Crippen molar-refractivity contribution in [1.29, 1.82) is 0 Å². The number of aryl methyl sites for hydroxylation is 4. The van der Waals surface area contributed by atoms with Crippen LogP contribution < -0.4 is 29.4 Å². The van der Waals surface area contributed by atoms with Gasteiger partial charge in [0, 0.05) is 111 Å². The number of hydrogen-bond acceptors (Lipinski definition) is 20. The second-order valence-corrected chi connectivity index (χ2v) is 43.8. The SMILES string of the molecule is CC(C)(C)c1ccc2c(N3/C(=C4\Sc5cc(F)ccc5N4c4nccc5cc(C(C)(C)C)ccc45)Sc4cc(F)ccc43)nccc2c1.Cc1cc2c(cc1C)N(c1cc3cc(C(C)C)ccc3cn1)/C(=C1\Sc3cc(C)c(C)cc3N1c1cc3cc(C(C)C)ccc3cn1)S2.Fc1cc2c(cc1F)N(c1ccc3cccnc3n1)/C(=C1\Sc3cc(F)c(F)cc3N1c1ccc3cccnc3n1)S2. The van der Waals surface area contributed by atoms with Gasteiger partial charge < -0.3 is 0 Å². The van der Waals surface area contributed by atoms with E-state index >= 15 is 0 Å². The second-order valence-electron chi connectivity index (χ2n) is 37.6. The predicted octanol–water partition coefficient (Wildman–Crippen LogP) is 33.0. The Morgan fingerprint density at radius 3 is 1.01 bits per heavy atom. The Hall–Kier alpha value is -13.3. The molecule has 0 unspecified atom stereocenters. The topological polar surface area (TPSA) is 123 Å². The molecule has 0 N–H and O–H groups in total. The van der Waals surface area contributed by atoms with Gasteiger partial charge in [0.2, 0.25) is 0 Å². The lowest BCUT2D eigenvalue weighted by Gasteiger charge is -2.27. The molecule has 6 aliphatic rings. The van der Waals surface area contributed by atoms with E-state index < -0.39 is 23.3 Å². The number of hydrogen-bond donors (Lipinski definition) is 0. The van der Waals surface area contributed by atoms with Gasteiger partial charge in [0.1, 0.15) is 76.7 Å². The number of pyridine rings is 8. The quantitative estimate of drug-likeness (QED) is 0.134. The molecule has 10 aromatic carbocycles. The van der Waals surface area contributed by atoms with Crippen LogP contribution in [0.3, 0.4) is 0 Å².